The van der Waals surface area contributed by atoms with Crippen molar-refractivity contribution in [2.24, 2.45) is 0 Å². The zero-order valence-electron chi connectivity index (χ0n) is 12.1. The Kier molecular flexibility index (Phi) is 4.95. The summed E-state index contributed by atoms with van der Waals surface area (Å²) in [6, 6.07) is 15.1. The lowest BCUT2D eigenvalue weighted by Crippen LogP contribution is -2.41. The van der Waals surface area contributed by atoms with Crippen molar-refractivity contribution in [1.82, 2.24) is 4.31 Å². The molecule has 0 aliphatic carbocycles. The molecule has 0 atom stereocenters. The Morgan fingerprint density at radius 2 is 1.64 bits per heavy atom. The van der Waals surface area contributed by atoms with Gasteiger partial charge in [0.25, 0.3) is 0 Å². The fourth-order valence-corrected chi connectivity index (χ4v) is 3.39. The van der Waals surface area contributed by atoms with E-state index in [4.69, 9.17) is 0 Å². The third-order valence-corrected chi connectivity index (χ3v) is 4.97. The lowest BCUT2D eigenvalue weighted by Gasteiger charge is -2.22. The van der Waals surface area contributed by atoms with E-state index in [0.29, 0.717) is 5.56 Å². The number of aryl methyl sites for hydroxylation is 1. The van der Waals surface area contributed by atoms with Gasteiger partial charge in [0.05, 0.1) is 17.4 Å². The molecule has 0 aliphatic heterocycles. The SMILES string of the molecule is Cc1ccc(S(=O)(=O)N(CC(=O)[O-])Cc2ccccc2)cc1. The lowest BCUT2D eigenvalue weighted by molar-refractivity contribution is -0.305. The third-order valence-electron chi connectivity index (χ3n) is 3.17. The van der Waals surface area contributed by atoms with Crippen LogP contribution in [-0.2, 0) is 21.4 Å². The number of carboxylic acid groups (broad SMARTS) is 1. The first-order valence-corrected chi connectivity index (χ1v) is 8.14. The van der Waals surface area contributed by atoms with Gasteiger partial charge in [0, 0.05) is 6.54 Å². The molecule has 0 fully saturated rings. The second-order valence-electron chi connectivity index (χ2n) is 4.94. The maximum atomic E-state index is 12.6. The quantitative estimate of drug-likeness (QED) is 0.794. The van der Waals surface area contributed by atoms with Gasteiger partial charge in [-0.3, -0.25) is 0 Å². The third kappa shape index (κ3) is 3.93. The Morgan fingerprint density at radius 1 is 1.05 bits per heavy atom. The smallest absolute Gasteiger partial charge is 0.243 e. The van der Waals surface area contributed by atoms with Crippen molar-refractivity contribution >= 4 is 16.0 Å². The summed E-state index contributed by atoms with van der Waals surface area (Å²) in [7, 11) is -3.90. The number of hydrogen-bond acceptors (Lipinski definition) is 4. The summed E-state index contributed by atoms with van der Waals surface area (Å²) in [6.07, 6.45) is 0. The predicted octanol–water partition coefficient (Wildman–Crippen LogP) is 0.936. The summed E-state index contributed by atoms with van der Waals surface area (Å²) >= 11 is 0. The van der Waals surface area contributed by atoms with E-state index in [0.717, 1.165) is 9.87 Å². The molecule has 0 radical (unpaired) electrons. The highest BCUT2D eigenvalue weighted by atomic mass is 32.2. The second kappa shape index (κ2) is 6.72. The van der Waals surface area contributed by atoms with Gasteiger partial charge in [-0.2, -0.15) is 4.31 Å². The van der Waals surface area contributed by atoms with Crippen molar-refractivity contribution < 1.29 is 18.3 Å². The van der Waals surface area contributed by atoms with E-state index in [9.17, 15) is 18.3 Å². The van der Waals surface area contributed by atoms with Crippen LogP contribution in [0.5, 0.6) is 0 Å². The molecule has 0 N–H and O–H groups in total. The highest BCUT2D eigenvalue weighted by molar-refractivity contribution is 7.89. The normalized spacial score (nSPS) is 11.5. The van der Waals surface area contributed by atoms with E-state index >= 15 is 0 Å². The molecule has 0 aliphatic rings. The van der Waals surface area contributed by atoms with E-state index in [-0.39, 0.29) is 11.4 Å². The Bertz CT molecular complexity index is 739. The summed E-state index contributed by atoms with van der Waals surface area (Å²) in [5.74, 6) is -1.44. The average molecular weight is 318 g/mol. The molecule has 0 saturated carbocycles. The molecule has 0 unspecified atom stereocenters. The minimum Gasteiger partial charge on any atom is -0.549 e. The molecule has 0 heterocycles. The van der Waals surface area contributed by atoms with Gasteiger partial charge in [0.2, 0.25) is 10.0 Å². The molecule has 2 aromatic carbocycles. The van der Waals surface area contributed by atoms with Crippen LogP contribution in [0.25, 0.3) is 0 Å². The summed E-state index contributed by atoms with van der Waals surface area (Å²) in [6.45, 7) is 1.13. The maximum Gasteiger partial charge on any atom is 0.243 e. The number of nitrogens with zero attached hydrogens (tertiary/aromatic N) is 1. The number of sulfonamides is 1. The molecular weight excluding hydrogens is 302 g/mol. The van der Waals surface area contributed by atoms with Crippen LogP contribution < -0.4 is 5.11 Å². The number of aliphatic carboxylic acids is 1. The Hall–Kier alpha value is -2.18. The molecule has 0 saturated heterocycles. The molecule has 2 rings (SSSR count). The van der Waals surface area contributed by atoms with Crippen LogP contribution in [-0.4, -0.2) is 25.2 Å². The van der Waals surface area contributed by atoms with E-state index in [1.165, 1.54) is 12.1 Å². The maximum absolute atomic E-state index is 12.6. The lowest BCUT2D eigenvalue weighted by atomic mass is 10.2. The van der Waals surface area contributed by atoms with Crippen LogP contribution in [0.15, 0.2) is 59.5 Å². The van der Waals surface area contributed by atoms with E-state index < -0.39 is 22.5 Å². The molecule has 0 bridgehead atoms. The molecule has 2 aromatic rings. The average Bonchev–Trinajstić information content (AvgIpc) is 2.47. The first-order valence-electron chi connectivity index (χ1n) is 6.70. The summed E-state index contributed by atoms with van der Waals surface area (Å²) in [5.41, 5.74) is 1.63. The Labute approximate surface area is 129 Å². The standard InChI is InChI=1S/C16H17NO4S/c1-13-7-9-15(10-8-13)22(20,21)17(12-16(18)19)11-14-5-3-2-4-6-14/h2-10H,11-12H2,1H3,(H,18,19)/p-1. The molecule has 6 heteroatoms. The van der Waals surface area contributed by atoms with Crippen LogP contribution in [0, 0.1) is 6.92 Å². The summed E-state index contributed by atoms with van der Waals surface area (Å²) in [5, 5.41) is 10.9. The molecule has 116 valence electrons. The van der Waals surface area contributed by atoms with Gasteiger partial charge in [0.1, 0.15) is 0 Å². The summed E-state index contributed by atoms with van der Waals surface area (Å²) < 4.78 is 26.1. The molecular formula is C16H16NO4S-. The van der Waals surface area contributed by atoms with Gasteiger partial charge >= 0.3 is 0 Å². The van der Waals surface area contributed by atoms with Crippen LogP contribution in [0.2, 0.25) is 0 Å². The number of hydrogen-bond donors (Lipinski definition) is 0. The number of rotatable bonds is 6. The Morgan fingerprint density at radius 3 is 2.18 bits per heavy atom. The summed E-state index contributed by atoms with van der Waals surface area (Å²) in [4.78, 5) is 11.0. The minimum absolute atomic E-state index is 0.0228. The van der Waals surface area contributed by atoms with Crippen LogP contribution in [0.1, 0.15) is 11.1 Å². The van der Waals surface area contributed by atoms with Crippen molar-refractivity contribution in [3.63, 3.8) is 0 Å². The molecule has 0 spiro atoms. The fraction of sp³-hybridized carbons (Fsp3) is 0.188. The van der Waals surface area contributed by atoms with E-state index in [1.807, 2.05) is 6.92 Å². The molecule has 0 aromatic heterocycles. The van der Waals surface area contributed by atoms with Gasteiger partial charge < -0.3 is 9.90 Å². The zero-order valence-corrected chi connectivity index (χ0v) is 12.9. The van der Waals surface area contributed by atoms with Crippen molar-refractivity contribution in [3.05, 3.63) is 65.7 Å². The Balaban J connectivity index is 2.35. The topological polar surface area (TPSA) is 77.5 Å². The van der Waals surface area contributed by atoms with E-state index in [1.54, 1.807) is 42.5 Å². The van der Waals surface area contributed by atoms with E-state index in [2.05, 4.69) is 0 Å². The molecule has 5 nitrogen and oxygen atoms in total. The van der Waals surface area contributed by atoms with Gasteiger partial charge in [0.15, 0.2) is 0 Å². The number of carboxylic acids is 1. The first kappa shape index (κ1) is 16.2. The predicted molar refractivity (Wildman–Crippen MR) is 80.2 cm³/mol. The van der Waals surface area contributed by atoms with Crippen molar-refractivity contribution in [2.45, 2.75) is 18.4 Å². The highest BCUT2D eigenvalue weighted by Crippen LogP contribution is 2.18. The van der Waals surface area contributed by atoms with Gasteiger partial charge in [-0.15, -0.1) is 0 Å². The van der Waals surface area contributed by atoms with Gasteiger partial charge in [-0.05, 0) is 24.6 Å². The fourth-order valence-electron chi connectivity index (χ4n) is 2.02. The van der Waals surface area contributed by atoms with Gasteiger partial charge in [-0.1, -0.05) is 48.0 Å². The highest BCUT2D eigenvalue weighted by Gasteiger charge is 2.24. The first-order chi connectivity index (χ1) is 10.4. The zero-order chi connectivity index (χ0) is 16.2. The number of carbonyl (C=O) groups excluding carboxylic acids is 1. The van der Waals surface area contributed by atoms with Crippen molar-refractivity contribution in [3.8, 4) is 0 Å². The van der Waals surface area contributed by atoms with Crippen LogP contribution >= 0.6 is 0 Å². The van der Waals surface area contributed by atoms with Crippen molar-refractivity contribution in [1.29, 1.82) is 0 Å². The monoisotopic (exact) mass is 318 g/mol. The number of benzene rings is 2. The molecule has 0 amide bonds. The van der Waals surface area contributed by atoms with Crippen LogP contribution in [0.3, 0.4) is 0 Å². The largest absolute Gasteiger partial charge is 0.549 e. The van der Waals surface area contributed by atoms with Crippen molar-refractivity contribution in [2.75, 3.05) is 6.54 Å². The molecule has 22 heavy (non-hydrogen) atoms. The van der Waals surface area contributed by atoms with Gasteiger partial charge in [-0.25, -0.2) is 8.42 Å². The number of carbonyl (C=O) groups is 1. The van der Waals surface area contributed by atoms with Crippen LogP contribution in [0.4, 0.5) is 0 Å². The second-order valence-corrected chi connectivity index (χ2v) is 6.88. The minimum atomic E-state index is -3.90.